The molecule has 5 heteroatoms. The minimum atomic E-state index is 0. The molecule has 3 nitrogen and oxygen atoms in total. The van der Waals surface area contributed by atoms with E-state index in [1.807, 2.05) is 6.92 Å². The zero-order valence-electron chi connectivity index (χ0n) is 11.9. The second-order valence-electron chi connectivity index (χ2n) is 5.86. The molecule has 1 amide bonds. The monoisotopic (exact) mass is 314 g/mol. The number of fused-ring (bicyclic) bond motifs is 1. The Bertz CT molecular complexity index is 423. The Labute approximate surface area is 131 Å². The van der Waals surface area contributed by atoms with Crippen LogP contribution in [0.25, 0.3) is 0 Å². The number of thiophene rings is 1. The zero-order chi connectivity index (χ0) is 13.2. The molecular weight excluding hydrogens is 292 g/mol. The van der Waals surface area contributed by atoms with Crippen molar-refractivity contribution in [3.05, 3.63) is 22.4 Å². The highest BCUT2D eigenvalue weighted by molar-refractivity contribution is 7.08. The van der Waals surface area contributed by atoms with Crippen LogP contribution in [0.2, 0.25) is 0 Å². The molecule has 3 rings (SSSR count). The third kappa shape index (κ3) is 3.18. The number of carbonyl (C=O) groups excluding carboxylic acids is 1. The Morgan fingerprint density at radius 3 is 2.55 bits per heavy atom. The minimum Gasteiger partial charge on any atom is -0.342 e. The van der Waals surface area contributed by atoms with Gasteiger partial charge in [0.05, 0.1) is 5.92 Å². The minimum absolute atomic E-state index is 0. The fourth-order valence-electron chi connectivity index (χ4n) is 3.38. The van der Waals surface area contributed by atoms with Gasteiger partial charge in [-0.25, -0.2) is 0 Å². The summed E-state index contributed by atoms with van der Waals surface area (Å²) in [5.74, 6) is 1.90. The van der Waals surface area contributed by atoms with Crippen LogP contribution >= 0.6 is 23.7 Å². The Morgan fingerprint density at radius 1 is 1.35 bits per heavy atom. The van der Waals surface area contributed by atoms with Crippen molar-refractivity contribution in [2.45, 2.75) is 25.7 Å². The van der Waals surface area contributed by atoms with E-state index in [2.05, 4.69) is 27.0 Å². The van der Waals surface area contributed by atoms with E-state index < -0.39 is 0 Å². The van der Waals surface area contributed by atoms with E-state index >= 15 is 0 Å². The van der Waals surface area contributed by atoms with Crippen LogP contribution in [0.1, 0.15) is 31.2 Å². The first-order valence-electron chi connectivity index (χ1n) is 7.27. The number of carbonyl (C=O) groups is 1. The maximum absolute atomic E-state index is 12.6. The molecule has 3 heterocycles. The third-order valence-electron chi connectivity index (χ3n) is 4.74. The second kappa shape index (κ2) is 6.92. The molecular formula is C15H23ClN2OS. The largest absolute Gasteiger partial charge is 0.342 e. The average Bonchev–Trinajstić information content (AvgIpc) is 3.06. The van der Waals surface area contributed by atoms with Crippen molar-refractivity contribution in [2.24, 2.45) is 11.8 Å². The smallest absolute Gasteiger partial charge is 0.229 e. The lowest BCUT2D eigenvalue weighted by Gasteiger charge is -2.24. The molecule has 0 bridgehead atoms. The van der Waals surface area contributed by atoms with Gasteiger partial charge in [-0.1, -0.05) is 0 Å². The normalized spacial score (nSPS) is 27.4. The first kappa shape index (κ1) is 15.8. The fourth-order valence-corrected chi connectivity index (χ4v) is 4.13. The molecule has 20 heavy (non-hydrogen) atoms. The summed E-state index contributed by atoms with van der Waals surface area (Å²) in [4.78, 5) is 14.7. The van der Waals surface area contributed by atoms with Crippen molar-refractivity contribution in [3.63, 3.8) is 0 Å². The van der Waals surface area contributed by atoms with Crippen molar-refractivity contribution in [1.82, 2.24) is 10.2 Å². The number of rotatable bonds is 2. The van der Waals surface area contributed by atoms with E-state index in [9.17, 15) is 4.79 Å². The number of hydrogen-bond donors (Lipinski definition) is 1. The van der Waals surface area contributed by atoms with Crippen LogP contribution in [0, 0.1) is 11.8 Å². The highest BCUT2D eigenvalue weighted by atomic mass is 35.5. The lowest BCUT2D eigenvalue weighted by atomic mass is 9.92. The maximum Gasteiger partial charge on any atom is 0.229 e. The van der Waals surface area contributed by atoms with Gasteiger partial charge in [0.15, 0.2) is 0 Å². The molecule has 2 aliphatic heterocycles. The van der Waals surface area contributed by atoms with Crippen LogP contribution in [0.5, 0.6) is 0 Å². The van der Waals surface area contributed by atoms with Gasteiger partial charge in [0.25, 0.3) is 0 Å². The second-order valence-corrected chi connectivity index (χ2v) is 6.64. The van der Waals surface area contributed by atoms with Gasteiger partial charge in [-0.2, -0.15) is 11.3 Å². The lowest BCUT2D eigenvalue weighted by Crippen LogP contribution is -2.35. The summed E-state index contributed by atoms with van der Waals surface area (Å²) >= 11 is 1.67. The van der Waals surface area contributed by atoms with Gasteiger partial charge >= 0.3 is 0 Å². The van der Waals surface area contributed by atoms with Gasteiger partial charge in [0.2, 0.25) is 5.91 Å². The summed E-state index contributed by atoms with van der Waals surface area (Å²) in [5, 5.41) is 7.63. The van der Waals surface area contributed by atoms with Crippen LogP contribution < -0.4 is 5.32 Å². The molecule has 2 saturated heterocycles. The van der Waals surface area contributed by atoms with E-state index in [0.717, 1.165) is 38.0 Å². The van der Waals surface area contributed by atoms with E-state index in [-0.39, 0.29) is 18.3 Å². The fraction of sp³-hybridized carbons (Fsp3) is 0.667. The van der Waals surface area contributed by atoms with Gasteiger partial charge in [0, 0.05) is 13.1 Å². The molecule has 3 atom stereocenters. The van der Waals surface area contributed by atoms with Gasteiger partial charge in [-0.05, 0) is 67.1 Å². The first-order chi connectivity index (χ1) is 9.25. The van der Waals surface area contributed by atoms with Crippen LogP contribution in [-0.2, 0) is 4.79 Å². The average molecular weight is 315 g/mol. The van der Waals surface area contributed by atoms with Crippen LogP contribution in [0.15, 0.2) is 16.8 Å². The lowest BCUT2D eigenvalue weighted by molar-refractivity contribution is -0.132. The van der Waals surface area contributed by atoms with Gasteiger partial charge in [0.1, 0.15) is 0 Å². The molecule has 2 aliphatic rings. The molecule has 0 aliphatic carbocycles. The number of likely N-dealkylation sites (tertiary alicyclic amines) is 1. The van der Waals surface area contributed by atoms with Gasteiger partial charge in [-0.3, -0.25) is 4.79 Å². The van der Waals surface area contributed by atoms with E-state index in [4.69, 9.17) is 0 Å². The molecule has 0 aromatic carbocycles. The van der Waals surface area contributed by atoms with Crippen molar-refractivity contribution in [2.75, 3.05) is 26.2 Å². The Balaban J connectivity index is 0.00000147. The quantitative estimate of drug-likeness (QED) is 0.910. The Hall–Kier alpha value is -0.580. The van der Waals surface area contributed by atoms with Crippen LogP contribution in [0.4, 0.5) is 0 Å². The van der Waals surface area contributed by atoms with E-state index in [1.54, 1.807) is 11.3 Å². The molecule has 112 valence electrons. The highest BCUT2D eigenvalue weighted by Gasteiger charge is 2.32. The predicted octanol–water partition coefficient (Wildman–Crippen LogP) is 2.73. The molecule has 1 aromatic rings. The first-order valence-corrected chi connectivity index (χ1v) is 8.21. The van der Waals surface area contributed by atoms with Crippen molar-refractivity contribution in [1.29, 1.82) is 0 Å². The molecule has 1 unspecified atom stereocenters. The number of halogens is 1. The number of nitrogens with one attached hydrogen (secondary N) is 1. The van der Waals surface area contributed by atoms with Crippen molar-refractivity contribution >= 4 is 29.7 Å². The molecule has 0 radical (unpaired) electrons. The van der Waals surface area contributed by atoms with Crippen LogP contribution in [-0.4, -0.2) is 37.0 Å². The Morgan fingerprint density at radius 2 is 2.00 bits per heavy atom. The number of nitrogens with zero attached hydrogens (tertiary/aromatic N) is 1. The maximum atomic E-state index is 12.6. The van der Waals surface area contributed by atoms with E-state index in [1.165, 1.54) is 18.4 Å². The van der Waals surface area contributed by atoms with Crippen LogP contribution in [0.3, 0.4) is 0 Å². The summed E-state index contributed by atoms with van der Waals surface area (Å²) in [6.07, 6.45) is 2.33. The molecule has 0 spiro atoms. The predicted molar refractivity (Wildman–Crippen MR) is 85.6 cm³/mol. The summed E-state index contributed by atoms with van der Waals surface area (Å²) in [5.41, 5.74) is 1.17. The molecule has 1 aromatic heterocycles. The van der Waals surface area contributed by atoms with E-state index in [0.29, 0.717) is 5.91 Å². The van der Waals surface area contributed by atoms with Gasteiger partial charge < -0.3 is 10.2 Å². The topological polar surface area (TPSA) is 32.3 Å². The SMILES string of the molecule is CC(C(=O)N1CC[C@@H]2CNC[C@@H]2CC1)c1ccsc1.Cl. The number of amides is 1. The number of hydrogen-bond acceptors (Lipinski definition) is 3. The zero-order valence-corrected chi connectivity index (χ0v) is 13.5. The van der Waals surface area contributed by atoms with Gasteiger partial charge in [-0.15, -0.1) is 12.4 Å². The molecule has 0 saturated carbocycles. The summed E-state index contributed by atoms with van der Waals surface area (Å²) in [7, 11) is 0. The molecule has 1 N–H and O–H groups in total. The van der Waals surface area contributed by atoms with Crippen molar-refractivity contribution in [3.8, 4) is 0 Å². The highest BCUT2D eigenvalue weighted by Crippen LogP contribution is 2.29. The Kier molecular flexibility index (Phi) is 5.47. The summed E-state index contributed by atoms with van der Waals surface area (Å²) < 4.78 is 0. The molecule has 2 fully saturated rings. The third-order valence-corrected chi connectivity index (χ3v) is 5.45. The standard InChI is InChI=1S/C15H22N2OS.ClH/c1-11(14-4-7-19-10-14)15(18)17-5-2-12-8-16-9-13(12)3-6-17;/h4,7,10-13,16H,2-3,5-6,8-9H2,1H3;1H/t11?,12-,13+;. The summed E-state index contributed by atoms with van der Waals surface area (Å²) in [6.45, 7) is 6.21. The summed E-state index contributed by atoms with van der Waals surface area (Å²) in [6, 6.07) is 2.07. The van der Waals surface area contributed by atoms with Crippen molar-refractivity contribution < 1.29 is 4.79 Å².